The van der Waals surface area contributed by atoms with E-state index in [-0.39, 0.29) is 0 Å². The van der Waals surface area contributed by atoms with Crippen LogP contribution in [0.5, 0.6) is 0 Å². The van der Waals surface area contributed by atoms with Gasteiger partial charge in [-0.25, -0.2) is 9.78 Å². The maximum atomic E-state index is 10.3. The van der Waals surface area contributed by atoms with Crippen molar-refractivity contribution in [2.45, 2.75) is 0 Å². The number of anilines is 1. The lowest BCUT2D eigenvalue weighted by Gasteiger charge is -2.25. The van der Waals surface area contributed by atoms with Gasteiger partial charge in [0.25, 0.3) is 0 Å². The molecule has 2 rings (SSSR count). The number of nitrogens with zero attached hydrogens (tertiary/aromatic N) is 2. The van der Waals surface area contributed by atoms with Crippen molar-refractivity contribution in [3.63, 3.8) is 0 Å². The van der Waals surface area contributed by atoms with E-state index >= 15 is 0 Å². The quantitative estimate of drug-likeness (QED) is 0.801. The highest BCUT2D eigenvalue weighted by Gasteiger charge is 2.13. The lowest BCUT2D eigenvalue weighted by molar-refractivity contribution is -0.131. The lowest BCUT2D eigenvalue weighted by atomic mass is 10.4. The van der Waals surface area contributed by atoms with Crippen LogP contribution < -0.4 is 4.90 Å². The van der Waals surface area contributed by atoms with Crippen LogP contribution in [0.4, 0.5) is 5.13 Å². The Morgan fingerprint density at radius 3 is 3.00 bits per heavy atom. The molecule has 16 heavy (non-hydrogen) atoms. The molecule has 2 heterocycles. The fraction of sp³-hybridized carbons (Fsp3) is 0.400. The number of hydrogen-bond acceptors (Lipinski definition) is 5. The number of aliphatic carboxylic acids is 1. The summed E-state index contributed by atoms with van der Waals surface area (Å²) in [5.74, 6) is -0.957. The predicted molar refractivity (Wildman–Crippen MR) is 61.8 cm³/mol. The van der Waals surface area contributed by atoms with Crippen molar-refractivity contribution in [1.29, 1.82) is 0 Å². The summed E-state index contributed by atoms with van der Waals surface area (Å²) in [6, 6.07) is 0. The summed E-state index contributed by atoms with van der Waals surface area (Å²) in [7, 11) is 0. The first-order valence-electron chi connectivity index (χ1n) is 4.95. The molecular weight excluding hydrogens is 228 g/mol. The van der Waals surface area contributed by atoms with E-state index in [2.05, 4.69) is 9.88 Å². The van der Waals surface area contributed by atoms with Gasteiger partial charge in [0.15, 0.2) is 5.13 Å². The third-order valence-corrected chi connectivity index (χ3v) is 3.11. The molecule has 0 atom stereocenters. The van der Waals surface area contributed by atoms with Crippen LogP contribution in [0.15, 0.2) is 11.5 Å². The molecule has 86 valence electrons. The summed E-state index contributed by atoms with van der Waals surface area (Å²) in [5, 5.41) is 11.3. The minimum atomic E-state index is -0.957. The maximum Gasteiger partial charge on any atom is 0.328 e. The molecule has 1 aromatic heterocycles. The highest BCUT2D eigenvalue weighted by atomic mass is 32.1. The number of carbonyl (C=O) groups is 1. The molecule has 0 aromatic carbocycles. The number of thiazole rings is 1. The number of aromatic nitrogens is 1. The molecule has 1 aliphatic heterocycles. The summed E-state index contributed by atoms with van der Waals surface area (Å²) in [6.45, 7) is 3.13. The van der Waals surface area contributed by atoms with Crippen molar-refractivity contribution in [2.75, 3.05) is 31.2 Å². The van der Waals surface area contributed by atoms with Crippen LogP contribution >= 0.6 is 11.3 Å². The van der Waals surface area contributed by atoms with Crippen LogP contribution in [0.1, 0.15) is 5.69 Å². The van der Waals surface area contributed by atoms with Gasteiger partial charge in [-0.05, 0) is 6.08 Å². The first kappa shape index (κ1) is 11.1. The van der Waals surface area contributed by atoms with Gasteiger partial charge in [0, 0.05) is 24.5 Å². The summed E-state index contributed by atoms with van der Waals surface area (Å²) in [5.41, 5.74) is 0.689. The van der Waals surface area contributed by atoms with Crippen LogP contribution in [-0.4, -0.2) is 42.4 Å². The first-order chi connectivity index (χ1) is 7.75. The number of rotatable bonds is 3. The van der Waals surface area contributed by atoms with Gasteiger partial charge in [-0.15, -0.1) is 11.3 Å². The summed E-state index contributed by atoms with van der Waals surface area (Å²) >= 11 is 1.52. The standard InChI is InChI=1S/C10H12N2O3S/c13-9(14)2-1-8-7-16-10(11-8)12-3-5-15-6-4-12/h1-2,7H,3-6H2,(H,13,14). The Morgan fingerprint density at radius 2 is 2.31 bits per heavy atom. The SMILES string of the molecule is O=C(O)C=Cc1csc(N2CCOCC2)n1. The number of carboxylic acids is 1. The molecule has 5 nitrogen and oxygen atoms in total. The van der Waals surface area contributed by atoms with Crippen molar-refractivity contribution in [2.24, 2.45) is 0 Å². The Morgan fingerprint density at radius 1 is 1.56 bits per heavy atom. The van der Waals surface area contributed by atoms with E-state index in [0.29, 0.717) is 5.69 Å². The number of ether oxygens (including phenoxy) is 1. The highest BCUT2D eigenvalue weighted by Crippen LogP contribution is 2.21. The zero-order chi connectivity index (χ0) is 11.4. The maximum absolute atomic E-state index is 10.3. The van der Waals surface area contributed by atoms with Crippen LogP contribution in [0.3, 0.4) is 0 Å². The molecule has 6 heteroatoms. The minimum Gasteiger partial charge on any atom is -0.478 e. The van der Waals surface area contributed by atoms with Gasteiger partial charge in [0.2, 0.25) is 0 Å². The van der Waals surface area contributed by atoms with Gasteiger partial charge in [-0.1, -0.05) is 0 Å². The van der Waals surface area contributed by atoms with Gasteiger partial charge in [0.05, 0.1) is 18.9 Å². The van der Waals surface area contributed by atoms with Gasteiger partial charge in [-0.3, -0.25) is 0 Å². The number of carboxylic acid groups (broad SMARTS) is 1. The number of morpholine rings is 1. The van der Waals surface area contributed by atoms with Crippen molar-refractivity contribution in [3.05, 3.63) is 17.2 Å². The topological polar surface area (TPSA) is 62.7 Å². The molecule has 0 spiro atoms. The van der Waals surface area contributed by atoms with Crippen LogP contribution in [-0.2, 0) is 9.53 Å². The highest BCUT2D eigenvalue weighted by molar-refractivity contribution is 7.13. The molecule has 1 saturated heterocycles. The average Bonchev–Trinajstić information content (AvgIpc) is 2.76. The largest absolute Gasteiger partial charge is 0.478 e. The normalized spacial score (nSPS) is 16.9. The molecular formula is C10H12N2O3S. The lowest BCUT2D eigenvalue weighted by Crippen LogP contribution is -2.36. The van der Waals surface area contributed by atoms with E-state index in [1.165, 1.54) is 17.4 Å². The molecule has 0 bridgehead atoms. The van der Waals surface area contributed by atoms with Gasteiger partial charge in [-0.2, -0.15) is 0 Å². The van der Waals surface area contributed by atoms with Crippen molar-refractivity contribution < 1.29 is 14.6 Å². The smallest absolute Gasteiger partial charge is 0.328 e. The fourth-order valence-corrected chi connectivity index (χ4v) is 2.26. The molecule has 0 saturated carbocycles. The Balaban J connectivity index is 2.03. The van der Waals surface area contributed by atoms with E-state index in [1.807, 2.05) is 5.38 Å². The van der Waals surface area contributed by atoms with Crippen LogP contribution in [0, 0.1) is 0 Å². The second kappa shape index (κ2) is 5.09. The Hall–Kier alpha value is -1.40. The van der Waals surface area contributed by atoms with Gasteiger partial charge in [0.1, 0.15) is 0 Å². The van der Waals surface area contributed by atoms with E-state index in [9.17, 15) is 4.79 Å². The third-order valence-electron chi connectivity index (χ3n) is 2.19. The van der Waals surface area contributed by atoms with Gasteiger partial charge >= 0.3 is 5.97 Å². The molecule has 1 aliphatic rings. The molecule has 1 aromatic rings. The molecule has 0 unspecified atom stereocenters. The summed E-state index contributed by atoms with van der Waals surface area (Å²) < 4.78 is 5.25. The Labute approximate surface area is 97.0 Å². The molecule has 0 radical (unpaired) electrons. The van der Waals surface area contributed by atoms with Crippen molar-refractivity contribution in [1.82, 2.24) is 4.98 Å². The van der Waals surface area contributed by atoms with E-state index in [1.54, 1.807) is 0 Å². The second-order valence-electron chi connectivity index (χ2n) is 3.33. The first-order valence-corrected chi connectivity index (χ1v) is 5.83. The van der Waals surface area contributed by atoms with Crippen LogP contribution in [0.2, 0.25) is 0 Å². The van der Waals surface area contributed by atoms with E-state index in [4.69, 9.17) is 9.84 Å². The molecule has 1 fully saturated rings. The zero-order valence-corrected chi connectivity index (χ0v) is 9.44. The number of hydrogen-bond donors (Lipinski definition) is 1. The molecule has 0 aliphatic carbocycles. The Bertz CT molecular complexity index is 397. The monoisotopic (exact) mass is 240 g/mol. The van der Waals surface area contributed by atoms with Crippen molar-refractivity contribution in [3.8, 4) is 0 Å². The molecule has 0 amide bonds. The van der Waals surface area contributed by atoms with E-state index < -0.39 is 5.97 Å². The Kier molecular flexibility index (Phi) is 3.53. The molecule has 1 N–H and O–H groups in total. The second-order valence-corrected chi connectivity index (χ2v) is 4.16. The fourth-order valence-electron chi connectivity index (χ4n) is 1.41. The average molecular weight is 240 g/mol. The third kappa shape index (κ3) is 2.80. The minimum absolute atomic E-state index is 0.689. The van der Waals surface area contributed by atoms with E-state index in [0.717, 1.165) is 37.5 Å². The van der Waals surface area contributed by atoms with Crippen LogP contribution in [0.25, 0.3) is 6.08 Å². The zero-order valence-electron chi connectivity index (χ0n) is 8.63. The summed E-state index contributed by atoms with van der Waals surface area (Å²) in [6.07, 6.45) is 2.60. The predicted octanol–water partition coefficient (Wildman–Crippen LogP) is 1.08. The van der Waals surface area contributed by atoms with Gasteiger partial charge < -0.3 is 14.7 Å². The summed E-state index contributed by atoms with van der Waals surface area (Å²) in [4.78, 5) is 16.8. The van der Waals surface area contributed by atoms with Crippen molar-refractivity contribution >= 4 is 28.5 Å².